The Hall–Kier alpha value is -1.36. The molecule has 10 heteroatoms. The number of alkyl halides is 3. The van der Waals surface area contributed by atoms with Gasteiger partial charge in [-0.3, -0.25) is 0 Å². The highest BCUT2D eigenvalue weighted by molar-refractivity contribution is 7.89. The van der Waals surface area contributed by atoms with Gasteiger partial charge >= 0.3 is 6.36 Å². The van der Waals surface area contributed by atoms with E-state index in [0.717, 1.165) is 69.5 Å². The molecule has 2 N–H and O–H groups in total. The molecular weight excluding hydrogens is 397 g/mol. The van der Waals surface area contributed by atoms with Gasteiger partial charge in [0.2, 0.25) is 10.0 Å². The maximum absolute atomic E-state index is 12.7. The summed E-state index contributed by atoms with van der Waals surface area (Å²) in [5.41, 5.74) is -0.158. The number of benzene rings is 1. The first-order valence-electron chi connectivity index (χ1n) is 9.49. The summed E-state index contributed by atoms with van der Waals surface area (Å²) in [4.78, 5) is 1.29. The highest BCUT2D eigenvalue weighted by Gasteiger charge is 2.43. The molecule has 2 aliphatic rings. The van der Waals surface area contributed by atoms with Gasteiger partial charge in [-0.25, -0.2) is 13.1 Å². The first-order chi connectivity index (χ1) is 13.2. The molecule has 1 heterocycles. The molecule has 6 nitrogen and oxygen atoms in total. The van der Waals surface area contributed by atoms with Gasteiger partial charge in [0.05, 0.1) is 24.7 Å². The number of hydrogen-bond acceptors (Lipinski definition) is 4. The number of ether oxygens (including phenoxy) is 2. The minimum atomic E-state index is -4.81. The van der Waals surface area contributed by atoms with Crippen molar-refractivity contribution in [2.75, 3.05) is 32.8 Å². The molecule has 158 valence electrons. The lowest BCUT2D eigenvalue weighted by Gasteiger charge is -2.44. The second-order valence-electron chi connectivity index (χ2n) is 7.40. The molecule has 1 aromatic carbocycles. The Balaban J connectivity index is 1.70. The second-order valence-corrected chi connectivity index (χ2v) is 9.17. The summed E-state index contributed by atoms with van der Waals surface area (Å²) in [5.74, 6) is -0.451. The van der Waals surface area contributed by atoms with E-state index in [4.69, 9.17) is 4.74 Å². The Morgan fingerprint density at radius 1 is 1.07 bits per heavy atom. The Bertz CT molecular complexity index is 741. The van der Waals surface area contributed by atoms with Gasteiger partial charge in [-0.15, -0.1) is 13.2 Å². The van der Waals surface area contributed by atoms with Crippen molar-refractivity contribution < 1.29 is 36.0 Å². The van der Waals surface area contributed by atoms with E-state index in [2.05, 4.69) is 9.46 Å². The zero-order valence-electron chi connectivity index (χ0n) is 15.6. The first-order valence-corrected chi connectivity index (χ1v) is 11.0. The van der Waals surface area contributed by atoms with Crippen LogP contribution >= 0.6 is 0 Å². The predicted octanol–water partition coefficient (Wildman–Crippen LogP) is 1.48. The molecule has 0 unspecified atom stereocenters. The lowest BCUT2D eigenvalue weighted by molar-refractivity contribution is -0.960. The van der Waals surface area contributed by atoms with Crippen molar-refractivity contribution in [3.63, 3.8) is 0 Å². The Morgan fingerprint density at radius 2 is 1.68 bits per heavy atom. The monoisotopic (exact) mass is 423 g/mol. The summed E-state index contributed by atoms with van der Waals surface area (Å²) in [6.07, 6.45) is 0.365. The van der Waals surface area contributed by atoms with Gasteiger partial charge < -0.3 is 14.4 Å². The van der Waals surface area contributed by atoms with E-state index in [0.29, 0.717) is 19.8 Å². The molecule has 0 aromatic heterocycles. The highest BCUT2D eigenvalue weighted by atomic mass is 32.2. The van der Waals surface area contributed by atoms with E-state index in [-0.39, 0.29) is 10.4 Å². The third-order valence-electron chi connectivity index (χ3n) is 5.63. The normalized spacial score (nSPS) is 21.4. The number of morpholine rings is 1. The zero-order valence-corrected chi connectivity index (χ0v) is 16.4. The van der Waals surface area contributed by atoms with Crippen LogP contribution in [0.4, 0.5) is 13.2 Å². The molecule has 0 spiro atoms. The van der Waals surface area contributed by atoms with Crippen molar-refractivity contribution in [1.82, 2.24) is 4.72 Å². The van der Waals surface area contributed by atoms with Crippen molar-refractivity contribution in [3.8, 4) is 5.75 Å². The quantitative estimate of drug-likeness (QED) is 0.728. The number of hydrogen-bond donors (Lipinski definition) is 2. The van der Waals surface area contributed by atoms with E-state index < -0.39 is 22.1 Å². The number of quaternary nitrogens is 1. The molecule has 1 aromatic rings. The van der Waals surface area contributed by atoms with Crippen molar-refractivity contribution in [2.45, 2.75) is 48.9 Å². The fourth-order valence-electron chi connectivity index (χ4n) is 4.17. The number of nitrogens with one attached hydrogen (secondary N) is 2. The second kappa shape index (κ2) is 8.56. The fourth-order valence-corrected chi connectivity index (χ4v) is 5.30. The number of halogens is 3. The van der Waals surface area contributed by atoms with Crippen LogP contribution in [0.2, 0.25) is 0 Å². The first kappa shape index (κ1) is 21.4. The predicted molar refractivity (Wildman–Crippen MR) is 95.6 cm³/mol. The number of sulfonamides is 1. The molecule has 3 rings (SSSR count). The van der Waals surface area contributed by atoms with E-state index in [1.807, 2.05) is 0 Å². The Labute approximate surface area is 163 Å². The maximum Gasteiger partial charge on any atom is 0.573 e. The largest absolute Gasteiger partial charge is 0.573 e. The van der Waals surface area contributed by atoms with Crippen molar-refractivity contribution in [3.05, 3.63) is 24.3 Å². The van der Waals surface area contributed by atoms with Crippen LogP contribution < -0.4 is 14.4 Å². The Kier molecular flexibility index (Phi) is 6.53. The average Bonchev–Trinajstić information content (AvgIpc) is 2.67. The summed E-state index contributed by atoms with van der Waals surface area (Å²) in [7, 11) is -3.83. The average molecular weight is 423 g/mol. The summed E-state index contributed by atoms with van der Waals surface area (Å²) >= 11 is 0. The molecular formula is C18H26F3N2O4S+. The lowest BCUT2D eigenvalue weighted by atomic mass is 9.80. The fraction of sp³-hybridized carbons (Fsp3) is 0.667. The van der Waals surface area contributed by atoms with Crippen LogP contribution in [0.5, 0.6) is 5.75 Å². The molecule has 2 fully saturated rings. The summed E-state index contributed by atoms with van der Waals surface area (Å²) in [6, 6.07) is 4.26. The van der Waals surface area contributed by atoms with E-state index >= 15 is 0 Å². The molecule has 0 radical (unpaired) electrons. The van der Waals surface area contributed by atoms with Gasteiger partial charge in [0, 0.05) is 12.8 Å². The van der Waals surface area contributed by atoms with Gasteiger partial charge in [-0.2, -0.15) is 0 Å². The topological polar surface area (TPSA) is 69.1 Å². The van der Waals surface area contributed by atoms with Gasteiger partial charge in [0.15, 0.2) is 0 Å². The highest BCUT2D eigenvalue weighted by Crippen LogP contribution is 2.27. The van der Waals surface area contributed by atoms with Crippen molar-refractivity contribution in [1.29, 1.82) is 0 Å². The summed E-state index contributed by atoms with van der Waals surface area (Å²) < 4.78 is 74.1. The van der Waals surface area contributed by atoms with E-state index in [9.17, 15) is 21.6 Å². The van der Waals surface area contributed by atoms with Gasteiger partial charge in [-0.1, -0.05) is 6.42 Å². The SMILES string of the molecule is O=S(=O)(NCC1([NH+]2CCOCC2)CCCCC1)c1ccc(OC(F)(F)F)cc1. The van der Waals surface area contributed by atoms with Crippen LogP contribution in [0.25, 0.3) is 0 Å². The van der Waals surface area contributed by atoms with Gasteiger partial charge in [-0.05, 0) is 37.1 Å². The van der Waals surface area contributed by atoms with Crippen LogP contribution in [0.1, 0.15) is 32.1 Å². The Morgan fingerprint density at radius 3 is 2.25 bits per heavy atom. The van der Waals surface area contributed by atoms with Crippen LogP contribution in [0.15, 0.2) is 29.2 Å². The zero-order chi connectivity index (χ0) is 20.3. The molecule has 1 saturated heterocycles. The third kappa shape index (κ3) is 5.37. The van der Waals surface area contributed by atoms with Crippen molar-refractivity contribution >= 4 is 10.0 Å². The molecule has 0 atom stereocenters. The maximum atomic E-state index is 12.7. The molecule has 1 saturated carbocycles. The third-order valence-corrected chi connectivity index (χ3v) is 7.04. The number of rotatable bonds is 6. The van der Waals surface area contributed by atoms with E-state index in [1.165, 1.54) is 4.90 Å². The van der Waals surface area contributed by atoms with Gasteiger partial charge in [0.25, 0.3) is 0 Å². The molecule has 0 bridgehead atoms. The molecule has 28 heavy (non-hydrogen) atoms. The minimum absolute atomic E-state index is 0.0787. The van der Waals surface area contributed by atoms with Crippen LogP contribution in [-0.4, -0.2) is 53.2 Å². The molecule has 1 aliphatic carbocycles. The molecule has 0 amide bonds. The van der Waals surface area contributed by atoms with E-state index in [1.54, 1.807) is 0 Å². The van der Waals surface area contributed by atoms with Crippen LogP contribution in [0, 0.1) is 0 Å². The summed E-state index contributed by atoms with van der Waals surface area (Å²) in [5, 5.41) is 0. The molecule has 1 aliphatic heterocycles. The minimum Gasteiger partial charge on any atom is -0.406 e. The standard InChI is InChI=1S/C18H25F3N2O4S/c19-18(20,21)27-15-4-6-16(7-5-15)28(24,25)22-14-17(8-2-1-3-9-17)23-10-12-26-13-11-23/h4-7,22H,1-3,8-14H2/p+1. The lowest BCUT2D eigenvalue weighted by Crippen LogP contribution is -3.23. The van der Waals surface area contributed by atoms with Crippen molar-refractivity contribution in [2.24, 2.45) is 0 Å². The van der Waals surface area contributed by atoms with Gasteiger partial charge in [0.1, 0.15) is 24.4 Å². The smallest absolute Gasteiger partial charge is 0.406 e. The summed E-state index contributed by atoms with van der Waals surface area (Å²) in [6.45, 7) is 3.36. The van der Waals surface area contributed by atoms with Crippen LogP contribution in [0.3, 0.4) is 0 Å². The van der Waals surface area contributed by atoms with Crippen LogP contribution in [-0.2, 0) is 14.8 Å².